The van der Waals surface area contributed by atoms with Gasteiger partial charge in [0.05, 0.1) is 6.54 Å². The van der Waals surface area contributed by atoms with Gasteiger partial charge in [0.25, 0.3) is 0 Å². The maximum absolute atomic E-state index is 11.9. The molecule has 0 spiro atoms. The number of rotatable bonds is 2. The van der Waals surface area contributed by atoms with Gasteiger partial charge in [-0.2, -0.15) is 13.2 Å². The van der Waals surface area contributed by atoms with E-state index in [1.165, 1.54) is 4.90 Å². The van der Waals surface area contributed by atoms with E-state index < -0.39 is 18.5 Å². The summed E-state index contributed by atoms with van der Waals surface area (Å²) < 4.78 is 35.6. The minimum absolute atomic E-state index is 0.0623. The Kier molecular flexibility index (Phi) is 3.49. The summed E-state index contributed by atoms with van der Waals surface area (Å²) in [4.78, 5) is 12.1. The van der Waals surface area contributed by atoms with Crippen molar-refractivity contribution < 1.29 is 18.0 Å². The molecule has 82 valence electrons. The molecule has 0 atom stereocenters. The first kappa shape index (κ1) is 11.5. The lowest BCUT2D eigenvalue weighted by atomic mass is 10.1. The number of alkyl halides is 3. The van der Waals surface area contributed by atoms with Crippen molar-refractivity contribution in [3.8, 4) is 0 Å². The maximum atomic E-state index is 11.9. The molecule has 2 N–H and O–H groups in total. The average Bonchev–Trinajstić information content (AvgIpc) is 2.07. The summed E-state index contributed by atoms with van der Waals surface area (Å²) in [5, 5.41) is 0. The van der Waals surface area contributed by atoms with Crippen LogP contribution in [0.15, 0.2) is 0 Å². The van der Waals surface area contributed by atoms with Gasteiger partial charge in [-0.15, -0.1) is 0 Å². The largest absolute Gasteiger partial charge is 0.451 e. The van der Waals surface area contributed by atoms with Crippen LogP contribution < -0.4 is 5.73 Å². The molecule has 3 nitrogen and oxygen atoms in total. The zero-order chi connectivity index (χ0) is 10.8. The summed E-state index contributed by atoms with van der Waals surface area (Å²) in [6.07, 6.45) is -3.39. The zero-order valence-electron chi connectivity index (χ0n) is 7.68. The summed E-state index contributed by atoms with van der Waals surface area (Å²) >= 11 is 0. The molecule has 14 heavy (non-hydrogen) atoms. The van der Waals surface area contributed by atoms with Crippen LogP contribution in [0.2, 0.25) is 0 Å². The molecular weight excluding hydrogens is 197 g/mol. The van der Waals surface area contributed by atoms with Gasteiger partial charge in [0.1, 0.15) is 0 Å². The lowest BCUT2D eigenvalue weighted by Crippen LogP contribution is -2.44. The molecule has 0 aliphatic carbocycles. The van der Waals surface area contributed by atoms with Crippen molar-refractivity contribution in [3.05, 3.63) is 0 Å². The summed E-state index contributed by atoms with van der Waals surface area (Å²) in [6, 6.07) is 0.0623. The van der Waals surface area contributed by atoms with Gasteiger partial charge in [-0.1, -0.05) is 0 Å². The van der Waals surface area contributed by atoms with Gasteiger partial charge in [0.15, 0.2) is 0 Å². The number of likely N-dealkylation sites (tertiary alicyclic amines) is 1. The predicted octanol–water partition coefficient (Wildman–Crippen LogP) is 0.541. The van der Waals surface area contributed by atoms with Gasteiger partial charge in [0, 0.05) is 19.1 Å². The van der Waals surface area contributed by atoms with Crippen molar-refractivity contribution in [3.63, 3.8) is 0 Å². The third kappa shape index (κ3) is 3.26. The van der Waals surface area contributed by atoms with E-state index >= 15 is 0 Å². The van der Waals surface area contributed by atoms with E-state index in [0.717, 1.165) is 0 Å². The maximum Gasteiger partial charge on any atom is 0.451 e. The van der Waals surface area contributed by atoms with Crippen molar-refractivity contribution in [2.45, 2.75) is 25.1 Å². The van der Waals surface area contributed by atoms with Crippen molar-refractivity contribution in [1.29, 1.82) is 0 Å². The van der Waals surface area contributed by atoms with Crippen molar-refractivity contribution in [2.75, 3.05) is 19.6 Å². The van der Waals surface area contributed by atoms with Gasteiger partial charge in [-0.3, -0.25) is 9.69 Å². The van der Waals surface area contributed by atoms with Crippen LogP contribution in [0.4, 0.5) is 13.2 Å². The molecule has 0 aromatic heterocycles. The molecule has 0 aromatic rings. The summed E-state index contributed by atoms with van der Waals surface area (Å²) in [6.45, 7) is 0.419. The number of carbonyl (C=O) groups is 1. The first-order valence-corrected chi connectivity index (χ1v) is 4.47. The number of piperidine rings is 1. The molecule has 1 fully saturated rings. The number of nitrogens with two attached hydrogens (primary N) is 1. The predicted molar refractivity (Wildman–Crippen MR) is 44.7 cm³/mol. The van der Waals surface area contributed by atoms with Crippen LogP contribution in [0.25, 0.3) is 0 Å². The topological polar surface area (TPSA) is 46.3 Å². The summed E-state index contributed by atoms with van der Waals surface area (Å²) in [7, 11) is 0. The molecule has 1 aliphatic rings. The number of Topliss-reactive ketones (excluding diaryl/α,β-unsaturated/α-hetero) is 1. The molecule has 6 heteroatoms. The fourth-order valence-electron chi connectivity index (χ4n) is 1.40. The van der Waals surface area contributed by atoms with Crippen LogP contribution in [0.1, 0.15) is 12.8 Å². The highest BCUT2D eigenvalue weighted by Crippen LogP contribution is 2.17. The van der Waals surface area contributed by atoms with Gasteiger partial charge >= 0.3 is 6.18 Å². The van der Waals surface area contributed by atoms with E-state index in [9.17, 15) is 18.0 Å². The van der Waals surface area contributed by atoms with Gasteiger partial charge < -0.3 is 5.73 Å². The van der Waals surface area contributed by atoms with Gasteiger partial charge in [-0.05, 0) is 12.8 Å². The summed E-state index contributed by atoms with van der Waals surface area (Å²) in [5.74, 6) is -1.67. The molecule has 0 aromatic carbocycles. The van der Waals surface area contributed by atoms with Gasteiger partial charge in [0.2, 0.25) is 5.78 Å². The molecule has 0 bridgehead atoms. The van der Waals surface area contributed by atoms with Crippen LogP contribution in [0, 0.1) is 0 Å². The normalized spacial score (nSPS) is 21.1. The van der Waals surface area contributed by atoms with E-state index in [4.69, 9.17) is 5.73 Å². The van der Waals surface area contributed by atoms with Crippen LogP contribution >= 0.6 is 0 Å². The lowest BCUT2D eigenvalue weighted by molar-refractivity contribution is -0.172. The SMILES string of the molecule is NC1CCN(CC(=O)C(F)(F)F)CC1. The first-order valence-electron chi connectivity index (χ1n) is 4.47. The van der Waals surface area contributed by atoms with E-state index in [0.29, 0.717) is 25.9 Å². The molecule has 1 aliphatic heterocycles. The number of nitrogens with zero attached hydrogens (tertiary/aromatic N) is 1. The van der Waals surface area contributed by atoms with Crippen LogP contribution in [-0.2, 0) is 4.79 Å². The Morgan fingerprint density at radius 2 is 1.86 bits per heavy atom. The smallest absolute Gasteiger partial charge is 0.328 e. The Hall–Kier alpha value is -0.620. The fraction of sp³-hybridized carbons (Fsp3) is 0.875. The van der Waals surface area contributed by atoms with Crippen LogP contribution in [0.5, 0.6) is 0 Å². The third-order valence-electron chi connectivity index (χ3n) is 2.32. The fourth-order valence-corrected chi connectivity index (χ4v) is 1.40. The average molecular weight is 210 g/mol. The Morgan fingerprint density at radius 3 is 2.29 bits per heavy atom. The molecule has 0 amide bonds. The molecule has 0 unspecified atom stereocenters. The third-order valence-corrected chi connectivity index (χ3v) is 2.32. The Balaban J connectivity index is 2.35. The number of halogens is 3. The van der Waals surface area contributed by atoms with E-state index in [-0.39, 0.29) is 6.04 Å². The molecule has 1 rings (SSSR count). The Labute approximate surface area is 80.0 Å². The standard InChI is InChI=1S/C8H13F3N2O/c9-8(10,11)7(14)5-13-3-1-6(12)2-4-13/h6H,1-5,12H2. The number of hydrogen-bond acceptors (Lipinski definition) is 3. The quantitative estimate of drug-likeness (QED) is 0.723. The van der Waals surface area contributed by atoms with Crippen molar-refractivity contribution in [2.24, 2.45) is 5.73 Å². The Bertz CT molecular complexity index is 209. The molecule has 1 heterocycles. The number of ketones is 1. The minimum atomic E-state index is -4.71. The van der Waals surface area contributed by atoms with E-state index in [2.05, 4.69) is 0 Å². The Morgan fingerprint density at radius 1 is 1.36 bits per heavy atom. The van der Waals surface area contributed by atoms with Crippen molar-refractivity contribution >= 4 is 5.78 Å². The molecule has 0 saturated carbocycles. The van der Waals surface area contributed by atoms with Crippen molar-refractivity contribution in [1.82, 2.24) is 4.90 Å². The number of carbonyl (C=O) groups excluding carboxylic acids is 1. The first-order chi connectivity index (χ1) is 6.39. The highest BCUT2D eigenvalue weighted by molar-refractivity contribution is 5.85. The monoisotopic (exact) mass is 210 g/mol. The zero-order valence-corrected chi connectivity index (χ0v) is 7.68. The lowest BCUT2D eigenvalue weighted by Gasteiger charge is -2.29. The highest BCUT2D eigenvalue weighted by Gasteiger charge is 2.39. The van der Waals surface area contributed by atoms with E-state index in [1.54, 1.807) is 0 Å². The molecular formula is C8H13F3N2O. The van der Waals surface area contributed by atoms with Crippen LogP contribution in [-0.4, -0.2) is 42.5 Å². The number of hydrogen-bond donors (Lipinski definition) is 1. The minimum Gasteiger partial charge on any atom is -0.328 e. The van der Waals surface area contributed by atoms with E-state index in [1.807, 2.05) is 0 Å². The highest BCUT2D eigenvalue weighted by atomic mass is 19.4. The molecule has 0 radical (unpaired) electrons. The summed E-state index contributed by atoms with van der Waals surface area (Å²) in [5.41, 5.74) is 5.58. The second kappa shape index (κ2) is 4.27. The second-order valence-electron chi connectivity index (χ2n) is 3.53. The van der Waals surface area contributed by atoms with Gasteiger partial charge in [-0.25, -0.2) is 0 Å². The second-order valence-corrected chi connectivity index (χ2v) is 3.53. The molecule has 1 saturated heterocycles. The van der Waals surface area contributed by atoms with Crippen LogP contribution in [0.3, 0.4) is 0 Å².